The summed E-state index contributed by atoms with van der Waals surface area (Å²) >= 11 is 0. The highest BCUT2D eigenvalue weighted by molar-refractivity contribution is 7.44. The normalized spacial score (nSPS) is 15.2. The van der Waals surface area contributed by atoms with Gasteiger partial charge in [-0.3, -0.25) is 5.50 Å². The monoisotopic (exact) mass is 582 g/mol. The molecule has 0 bridgehead atoms. The van der Waals surface area contributed by atoms with Gasteiger partial charge >= 0.3 is 8.53 Å². The van der Waals surface area contributed by atoms with Crippen molar-refractivity contribution in [2.75, 3.05) is 20.8 Å². The summed E-state index contributed by atoms with van der Waals surface area (Å²) in [5, 5.41) is 8.82. The van der Waals surface area contributed by atoms with E-state index < -0.39 is 14.1 Å². The van der Waals surface area contributed by atoms with Crippen LogP contribution >= 0.6 is 8.53 Å². The highest BCUT2D eigenvalue weighted by Gasteiger charge is 2.41. The fourth-order valence-corrected chi connectivity index (χ4v) is 6.21. The fourth-order valence-electron chi connectivity index (χ4n) is 5.53. The molecular formula is C34H35N2O5P. The first kappa shape index (κ1) is 29.6. The van der Waals surface area contributed by atoms with Crippen molar-refractivity contribution in [3.05, 3.63) is 125 Å². The van der Waals surface area contributed by atoms with Crippen LogP contribution in [0.1, 0.15) is 53.2 Å². The number of fused-ring (bicyclic) bond motifs is 1. The minimum Gasteiger partial charge on any atom is -0.497 e. The van der Waals surface area contributed by atoms with Crippen molar-refractivity contribution in [1.29, 1.82) is 5.26 Å². The van der Waals surface area contributed by atoms with Gasteiger partial charge in [-0.15, -0.1) is 0 Å². The smallest absolute Gasteiger partial charge is 0.315 e. The van der Waals surface area contributed by atoms with Crippen LogP contribution in [0.5, 0.6) is 17.2 Å². The van der Waals surface area contributed by atoms with Crippen molar-refractivity contribution < 1.29 is 23.3 Å². The summed E-state index contributed by atoms with van der Waals surface area (Å²) in [6, 6.07) is 34.5. The third kappa shape index (κ3) is 6.28. The largest absolute Gasteiger partial charge is 0.497 e. The SMILES string of the molecule is COc1ccc(C(OC2CCCc3c(OP(N)OCCC#N)cccc32)(c2ccccc2)c2ccc(OC)cc2)cc1. The third-order valence-electron chi connectivity index (χ3n) is 7.52. The van der Waals surface area contributed by atoms with Crippen LogP contribution in [-0.4, -0.2) is 20.8 Å². The fraction of sp³-hybridized carbons (Fsp3) is 0.265. The Labute approximate surface area is 248 Å². The van der Waals surface area contributed by atoms with Crippen molar-refractivity contribution >= 4 is 8.53 Å². The van der Waals surface area contributed by atoms with Gasteiger partial charge in [0.1, 0.15) is 22.8 Å². The molecule has 5 rings (SSSR count). The van der Waals surface area contributed by atoms with Gasteiger partial charge in [-0.1, -0.05) is 66.7 Å². The molecule has 8 heteroatoms. The van der Waals surface area contributed by atoms with E-state index in [0.29, 0.717) is 5.75 Å². The van der Waals surface area contributed by atoms with Gasteiger partial charge in [0.2, 0.25) is 0 Å². The lowest BCUT2D eigenvalue weighted by atomic mass is 9.79. The van der Waals surface area contributed by atoms with Crippen molar-refractivity contribution in [1.82, 2.24) is 0 Å². The molecule has 2 atom stereocenters. The van der Waals surface area contributed by atoms with Gasteiger partial charge in [0, 0.05) is 5.56 Å². The first-order chi connectivity index (χ1) is 20.6. The highest BCUT2D eigenvalue weighted by Crippen LogP contribution is 2.49. The summed E-state index contributed by atoms with van der Waals surface area (Å²) in [6.45, 7) is 0.239. The number of nitrogens with two attached hydrogens (primary N) is 1. The van der Waals surface area contributed by atoms with Crippen LogP contribution < -0.4 is 19.5 Å². The molecule has 1 aliphatic rings. The van der Waals surface area contributed by atoms with E-state index in [1.807, 2.05) is 54.6 Å². The number of rotatable bonds is 12. The summed E-state index contributed by atoms with van der Waals surface area (Å²) in [5.41, 5.74) is 10.3. The van der Waals surface area contributed by atoms with E-state index >= 15 is 0 Å². The molecule has 216 valence electrons. The van der Waals surface area contributed by atoms with Crippen molar-refractivity contribution in [3.63, 3.8) is 0 Å². The highest BCUT2D eigenvalue weighted by atomic mass is 31.2. The molecule has 7 nitrogen and oxygen atoms in total. The summed E-state index contributed by atoms with van der Waals surface area (Å²) < 4.78 is 30.0. The van der Waals surface area contributed by atoms with Gasteiger partial charge in [-0.2, -0.15) is 5.26 Å². The van der Waals surface area contributed by atoms with Crippen LogP contribution in [0, 0.1) is 11.3 Å². The molecule has 0 aliphatic heterocycles. The zero-order valence-electron chi connectivity index (χ0n) is 23.9. The van der Waals surface area contributed by atoms with Crippen molar-refractivity contribution in [2.24, 2.45) is 5.50 Å². The maximum atomic E-state index is 8.82. The molecule has 4 aromatic rings. The van der Waals surface area contributed by atoms with Crippen LogP contribution in [0.3, 0.4) is 0 Å². The summed E-state index contributed by atoms with van der Waals surface area (Å²) in [5.74, 6) is 2.25. The van der Waals surface area contributed by atoms with Crippen LogP contribution in [-0.2, 0) is 21.3 Å². The number of hydrogen-bond acceptors (Lipinski definition) is 7. The Morgan fingerprint density at radius 1 is 0.833 bits per heavy atom. The number of methoxy groups -OCH3 is 2. The molecular weight excluding hydrogens is 547 g/mol. The first-order valence-electron chi connectivity index (χ1n) is 14.0. The topological polar surface area (TPSA) is 96.0 Å². The Bertz CT molecular complexity index is 1440. The molecule has 2 N–H and O–H groups in total. The average molecular weight is 583 g/mol. The predicted molar refractivity (Wildman–Crippen MR) is 163 cm³/mol. The lowest BCUT2D eigenvalue weighted by Crippen LogP contribution is -2.35. The van der Waals surface area contributed by atoms with Gasteiger partial charge in [0.15, 0.2) is 0 Å². The average Bonchev–Trinajstić information content (AvgIpc) is 3.04. The Hall–Kier alpha value is -3.92. The minimum atomic E-state index is -1.66. The van der Waals surface area contributed by atoms with Gasteiger partial charge < -0.3 is 23.3 Å². The molecule has 0 radical (unpaired) electrons. The number of hydrogen-bond donors (Lipinski definition) is 1. The molecule has 2 unspecified atom stereocenters. The molecule has 1 aliphatic carbocycles. The molecule has 0 saturated heterocycles. The third-order valence-corrected chi connectivity index (χ3v) is 8.34. The maximum Gasteiger partial charge on any atom is 0.315 e. The summed E-state index contributed by atoms with van der Waals surface area (Å²) in [6.07, 6.45) is 2.64. The van der Waals surface area contributed by atoms with Crippen LogP contribution in [0.4, 0.5) is 0 Å². The predicted octanol–water partition coefficient (Wildman–Crippen LogP) is 7.58. The van der Waals surface area contributed by atoms with Crippen LogP contribution in [0.15, 0.2) is 97.1 Å². The molecule has 42 heavy (non-hydrogen) atoms. The second-order valence-corrected chi connectivity index (χ2v) is 11.0. The first-order valence-corrected chi connectivity index (χ1v) is 15.2. The number of benzene rings is 4. The van der Waals surface area contributed by atoms with Gasteiger partial charge in [-0.05, 0) is 71.8 Å². The molecule has 0 heterocycles. The maximum absolute atomic E-state index is 8.82. The van der Waals surface area contributed by atoms with Crippen molar-refractivity contribution in [2.45, 2.75) is 37.4 Å². The minimum absolute atomic E-state index is 0.231. The van der Waals surface area contributed by atoms with E-state index in [9.17, 15) is 0 Å². The molecule has 0 spiro atoms. The van der Waals surface area contributed by atoms with Gasteiger partial charge in [0.25, 0.3) is 0 Å². The van der Waals surface area contributed by atoms with E-state index in [2.05, 4.69) is 48.5 Å². The quantitative estimate of drug-likeness (QED) is 0.104. The molecule has 0 amide bonds. The van der Waals surface area contributed by atoms with E-state index in [1.54, 1.807) is 14.2 Å². The summed E-state index contributed by atoms with van der Waals surface area (Å²) in [7, 11) is 1.67. The Balaban J connectivity index is 1.60. The van der Waals surface area contributed by atoms with E-state index in [4.69, 9.17) is 34.0 Å². The second-order valence-electron chi connectivity index (χ2n) is 9.94. The zero-order valence-corrected chi connectivity index (χ0v) is 24.8. The van der Waals surface area contributed by atoms with Gasteiger partial charge in [-0.25, -0.2) is 0 Å². The van der Waals surface area contributed by atoms with Crippen LogP contribution in [0.25, 0.3) is 0 Å². The molecule has 4 aromatic carbocycles. The van der Waals surface area contributed by atoms with Crippen LogP contribution in [0.2, 0.25) is 0 Å². The molecule has 0 saturated carbocycles. The van der Waals surface area contributed by atoms with E-state index in [0.717, 1.165) is 58.6 Å². The summed E-state index contributed by atoms with van der Waals surface area (Å²) in [4.78, 5) is 0. The lowest BCUT2D eigenvalue weighted by molar-refractivity contribution is -0.0569. The Kier molecular flexibility index (Phi) is 9.74. The Morgan fingerprint density at radius 2 is 1.45 bits per heavy atom. The van der Waals surface area contributed by atoms with Gasteiger partial charge in [0.05, 0.1) is 39.4 Å². The van der Waals surface area contributed by atoms with E-state index in [1.165, 1.54) is 0 Å². The zero-order chi connectivity index (χ0) is 29.4. The lowest BCUT2D eigenvalue weighted by Gasteiger charge is -2.41. The standard InChI is InChI=1S/C34H35N2O5P/c1-37-28-19-15-26(16-20-28)34(25-9-4-3-5-10-25,27-17-21-29(38-2)22-18-27)40-32-13-6-12-31-30(32)11-7-14-33(31)41-42(36)39-24-8-23-35/h3-5,7,9-11,14-22,32H,6,8,12-13,24,36H2,1-2H3. The number of ether oxygens (including phenoxy) is 3. The Morgan fingerprint density at radius 3 is 2.05 bits per heavy atom. The molecule has 0 fully saturated rings. The van der Waals surface area contributed by atoms with E-state index in [-0.39, 0.29) is 19.1 Å². The number of nitrogens with zero attached hydrogens (tertiary/aromatic N) is 1. The second kappa shape index (κ2) is 13.8. The van der Waals surface area contributed by atoms with Crippen molar-refractivity contribution in [3.8, 4) is 23.3 Å². The molecule has 0 aromatic heterocycles. The number of nitriles is 1.